The summed E-state index contributed by atoms with van der Waals surface area (Å²) in [7, 11) is 1.48. The van der Waals surface area contributed by atoms with Crippen LogP contribution >= 0.6 is 0 Å². The van der Waals surface area contributed by atoms with E-state index >= 15 is 0 Å². The van der Waals surface area contributed by atoms with Crippen molar-refractivity contribution >= 4 is 5.97 Å². The van der Waals surface area contributed by atoms with Crippen molar-refractivity contribution in [2.24, 2.45) is 5.92 Å². The number of hydrogen-bond acceptors (Lipinski definition) is 4. The molecule has 0 spiro atoms. The molecule has 4 nitrogen and oxygen atoms in total. The molecule has 2 fully saturated rings. The fraction of sp³-hybridized carbons (Fsp3) is 0.643. The van der Waals surface area contributed by atoms with Gasteiger partial charge in [0.25, 0.3) is 0 Å². The van der Waals surface area contributed by atoms with Gasteiger partial charge in [0, 0.05) is 6.04 Å². The highest BCUT2D eigenvalue weighted by Gasteiger charge is 2.46. The fourth-order valence-electron chi connectivity index (χ4n) is 2.57. The molecule has 1 aromatic rings. The second kappa shape index (κ2) is 4.76. The first-order valence-corrected chi connectivity index (χ1v) is 6.65. The van der Waals surface area contributed by atoms with Crippen LogP contribution in [-0.2, 0) is 16.1 Å². The van der Waals surface area contributed by atoms with E-state index in [0.717, 1.165) is 18.6 Å². The summed E-state index contributed by atoms with van der Waals surface area (Å²) in [5, 5.41) is 0. The van der Waals surface area contributed by atoms with Crippen LogP contribution in [0.2, 0.25) is 0 Å². The molecule has 0 saturated heterocycles. The number of hydrogen-bond donors (Lipinski definition) is 0. The van der Waals surface area contributed by atoms with Gasteiger partial charge in [0.1, 0.15) is 11.8 Å². The van der Waals surface area contributed by atoms with Crippen LogP contribution in [0.25, 0.3) is 0 Å². The van der Waals surface area contributed by atoms with E-state index in [9.17, 15) is 4.79 Å². The Hall–Kier alpha value is -1.29. The molecule has 2 aliphatic carbocycles. The van der Waals surface area contributed by atoms with E-state index in [4.69, 9.17) is 9.15 Å². The van der Waals surface area contributed by atoms with Crippen LogP contribution in [0.15, 0.2) is 22.8 Å². The molecular formula is C14H19NO3. The number of rotatable bonds is 6. The number of carbonyl (C=O) groups excluding carboxylic acids is 1. The molecule has 18 heavy (non-hydrogen) atoms. The number of nitrogens with zero attached hydrogens (tertiary/aromatic N) is 1. The highest BCUT2D eigenvalue weighted by Crippen LogP contribution is 2.41. The van der Waals surface area contributed by atoms with E-state index < -0.39 is 0 Å². The van der Waals surface area contributed by atoms with Crippen molar-refractivity contribution in [3.63, 3.8) is 0 Å². The molecule has 3 rings (SSSR count). The molecule has 1 atom stereocenters. The van der Waals surface area contributed by atoms with E-state index in [-0.39, 0.29) is 12.0 Å². The van der Waals surface area contributed by atoms with E-state index in [0.29, 0.717) is 18.5 Å². The van der Waals surface area contributed by atoms with E-state index in [1.807, 2.05) is 12.1 Å². The van der Waals surface area contributed by atoms with E-state index in [2.05, 4.69) is 4.90 Å². The van der Waals surface area contributed by atoms with Gasteiger partial charge in [-0.1, -0.05) is 0 Å². The highest BCUT2D eigenvalue weighted by atomic mass is 16.5. The molecule has 2 aliphatic rings. The lowest BCUT2D eigenvalue weighted by Crippen LogP contribution is -2.44. The maximum atomic E-state index is 12.0. The van der Waals surface area contributed by atoms with Crippen LogP contribution in [0, 0.1) is 5.92 Å². The molecule has 0 N–H and O–H groups in total. The molecule has 0 amide bonds. The normalized spacial score (nSPS) is 21.0. The summed E-state index contributed by atoms with van der Waals surface area (Å²) in [6.07, 6.45) is 6.33. The standard InChI is InChI=1S/C14H19NO3/c1-17-14(16)13(10-4-5-10)15(11-6-7-11)9-12-3-2-8-18-12/h2-3,8,10-11,13H,4-7,9H2,1H3. The Morgan fingerprint density at radius 1 is 1.50 bits per heavy atom. The second-order valence-electron chi connectivity index (χ2n) is 5.29. The SMILES string of the molecule is COC(=O)C(C1CC1)N(Cc1ccco1)C1CC1. The third-order valence-corrected chi connectivity index (χ3v) is 3.80. The average molecular weight is 249 g/mol. The van der Waals surface area contributed by atoms with Crippen LogP contribution in [0.4, 0.5) is 0 Å². The number of methoxy groups -OCH3 is 1. The molecule has 4 heteroatoms. The van der Waals surface area contributed by atoms with Crippen molar-refractivity contribution in [2.45, 2.75) is 44.3 Å². The Bertz CT molecular complexity index is 407. The summed E-state index contributed by atoms with van der Waals surface area (Å²) in [6, 6.07) is 4.31. The molecule has 2 saturated carbocycles. The van der Waals surface area contributed by atoms with Gasteiger partial charge >= 0.3 is 5.97 Å². The largest absolute Gasteiger partial charge is 0.468 e. The predicted octanol–water partition coefficient (Wildman–Crippen LogP) is 2.20. The van der Waals surface area contributed by atoms with Crippen molar-refractivity contribution in [1.29, 1.82) is 0 Å². The van der Waals surface area contributed by atoms with Crippen molar-refractivity contribution in [1.82, 2.24) is 4.90 Å². The first-order valence-electron chi connectivity index (χ1n) is 6.65. The van der Waals surface area contributed by atoms with Crippen molar-refractivity contribution < 1.29 is 13.9 Å². The van der Waals surface area contributed by atoms with Crippen LogP contribution in [-0.4, -0.2) is 30.1 Å². The van der Waals surface area contributed by atoms with Gasteiger partial charge in [-0.3, -0.25) is 9.69 Å². The van der Waals surface area contributed by atoms with Crippen LogP contribution in [0.5, 0.6) is 0 Å². The average Bonchev–Trinajstić information content (AvgIpc) is 3.29. The van der Waals surface area contributed by atoms with Crippen LogP contribution in [0.1, 0.15) is 31.4 Å². The van der Waals surface area contributed by atoms with Gasteiger partial charge in [-0.15, -0.1) is 0 Å². The fourth-order valence-corrected chi connectivity index (χ4v) is 2.57. The Kier molecular flexibility index (Phi) is 3.12. The third-order valence-electron chi connectivity index (χ3n) is 3.80. The van der Waals surface area contributed by atoms with Gasteiger partial charge in [-0.2, -0.15) is 0 Å². The van der Waals surface area contributed by atoms with Crippen LogP contribution < -0.4 is 0 Å². The molecule has 0 radical (unpaired) electrons. The molecule has 98 valence electrons. The summed E-state index contributed by atoms with van der Waals surface area (Å²) in [5.41, 5.74) is 0. The Labute approximate surface area is 107 Å². The molecule has 1 heterocycles. The van der Waals surface area contributed by atoms with Crippen molar-refractivity contribution in [2.75, 3.05) is 7.11 Å². The quantitative estimate of drug-likeness (QED) is 0.725. The minimum absolute atomic E-state index is 0.0763. The van der Waals surface area contributed by atoms with Gasteiger partial charge < -0.3 is 9.15 Å². The minimum Gasteiger partial charge on any atom is -0.468 e. The maximum absolute atomic E-state index is 12.0. The number of furan rings is 1. The Morgan fingerprint density at radius 3 is 2.78 bits per heavy atom. The summed E-state index contributed by atoms with van der Waals surface area (Å²) in [4.78, 5) is 14.3. The Balaban J connectivity index is 1.76. The van der Waals surface area contributed by atoms with Gasteiger partial charge in [0.15, 0.2) is 0 Å². The summed E-state index contributed by atoms with van der Waals surface area (Å²) in [6.45, 7) is 0.716. The summed E-state index contributed by atoms with van der Waals surface area (Å²) in [5.74, 6) is 1.32. The maximum Gasteiger partial charge on any atom is 0.323 e. The van der Waals surface area contributed by atoms with Gasteiger partial charge in [-0.25, -0.2) is 0 Å². The summed E-state index contributed by atoms with van der Waals surface area (Å²) < 4.78 is 10.4. The monoisotopic (exact) mass is 249 g/mol. The molecule has 0 aromatic carbocycles. The third kappa shape index (κ3) is 2.43. The lowest BCUT2D eigenvalue weighted by molar-refractivity contribution is -0.148. The zero-order valence-corrected chi connectivity index (χ0v) is 10.7. The van der Waals surface area contributed by atoms with Gasteiger partial charge in [-0.05, 0) is 43.7 Å². The second-order valence-corrected chi connectivity index (χ2v) is 5.29. The van der Waals surface area contributed by atoms with Crippen LogP contribution in [0.3, 0.4) is 0 Å². The van der Waals surface area contributed by atoms with Crippen molar-refractivity contribution in [3.8, 4) is 0 Å². The first-order chi connectivity index (χ1) is 8.79. The predicted molar refractivity (Wildman–Crippen MR) is 65.8 cm³/mol. The first kappa shape index (κ1) is 11.8. The summed E-state index contributed by atoms with van der Waals surface area (Å²) >= 11 is 0. The molecule has 1 aromatic heterocycles. The Morgan fingerprint density at radius 2 is 2.28 bits per heavy atom. The zero-order chi connectivity index (χ0) is 12.5. The number of esters is 1. The van der Waals surface area contributed by atoms with E-state index in [1.54, 1.807) is 6.26 Å². The van der Waals surface area contributed by atoms with E-state index in [1.165, 1.54) is 20.0 Å². The highest BCUT2D eigenvalue weighted by molar-refractivity contribution is 5.76. The number of carbonyl (C=O) groups is 1. The molecular weight excluding hydrogens is 230 g/mol. The zero-order valence-electron chi connectivity index (χ0n) is 10.7. The lowest BCUT2D eigenvalue weighted by atomic mass is 10.1. The molecule has 1 unspecified atom stereocenters. The lowest BCUT2D eigenvalue weighted by Gasteiger charge is -2.29. The van der Waals surface area contributed by atoms with Gasteiger partial charge in [0.05, 0.1) is 19.9 Å². The van der Waals surface area contributed by atoms with Gasteiger partial charge in [0.2, 0.25) is 0 Å². The number of ether oxygens (including phenoxy) is 1. The topological polar surface area (TPSA) is 42.7 Å². The smallest absolute Gasteiger partial charge is 0.323 e. The molecule has 0 bridgehead atoms. The van der Waals surface area contributed by atoms with Crippen molar-refractivity contribution in [3.05, 3.63) is 24.2 Å². The minimum atomic E-state index is -0.0871. The molecule has 0 aliphatic heterocycles.